The Morgan fingerprint density at radius 3 is 2.56 bits per heavy atom. The summed E-state index contributed by atoms with van der Waals surface area (Å²) in [5.41, 5.74) is 6.91. The van der Waals surface area contributed by atoms with Crippen molar-refractivity contribution in [3.63, 3.8) is 0 Å². The Balaban J connectivity index is 0.00000289. The molecule has 0 heterocycles. The number of guanidine groups is 1. The number of hydrogen-bond donors (Lipinski definition) is 3. The zero-order valence-electron chi connectivity index (χ0n) is 8.98. The molecule has 1 aromatic rings. The molecule has 0 aromatic heterocycles. The van der Waals surface area contributed by atoms with Crippen LogP contribution < -0.4 is 17.0 Å². The van der Waals surface area contributed by atoms with E-state index in [1.165, 1.54) is 18.3 Å². The number of halogens is 4. The predicted octanol–water partition coefficient (Wildman–Crippen LogP) is 1.24. The number of benzene rings is 1. The molecule has 0 bridgehead atoms. The van der Waals surface area contributed by atoms with E-state index in [0.717, 1.165) is 12.1 Å². The molecule has 5 nitrogen and oxygen atoms in total. The number of nitrogens with zero attached hydrogens (tertiary/aromatic N) is 2. The van der Waals surface area contributed by atoms with Gasteiger partial charge in [-0.3, -0.25) is 0 Å². The fraction of sp³-hybridized carbons (Fsp3) is 0.111. The Morgan fingerprint density at radius 2 is 2.00 bits per heavy atom. The number of nitrogens with two attached hydrogens (primary N) is 2. The second-order valence-electron chi connectivity index (χ2n) is 3.01. The lowest BCUT2D eigenvalue weighted by molar-refractivity contribution is -0.137. The second-order valence-corrected chi connectivity index (χ2v) is 3.01. The minimum absolute atomic E-state index is 0. The maximum Gasteiger partial charge on any atom is 0.416 e. The summed E-state index contributed by atoms with van der Waals surface area (Å²) in [6.45, 7) is 0. The van der Waals surface area contributed by atoms with Gasteiger partial charge in [0.25, 0.3) is 0 Å². The zero-order chi connectivity index (χ0) is 12.9. The number of hydrazone groups is 2. The Labute approximate surface area is 107 Å². The average Bonchev–Trinajstić information content (AvgIpc) is 2.28. The highest BCUT2D eigenvalue weighted by Crippen LogP contribution is 2.29. The van der Waals surface area contributed by atoms with Crippen LogP contribution >= 0.6 is 12.4 Å². The van der Waals surface area contributed by atoms with Crippen LogP contribution in [0.4, 0.5) is 13.2 Å². The Hall–Kier alpha value is -1.96. The zero-order valence-corrected chi connectivity index (χ0v) is 9.79. The number of alkyl halides is 3. The molecule has 0 saturated carbocycles. The molecular formula is C9H11ClF3N5. The number of hydrogen-bond acceptors (Lipinski definition) is 3. The molecule has 0 atom stereocenters. The van der Waals surface area contributed by atoms with Crippen LogP contribution in [0.3, 0.4) is 0 Å². The summed E-state index contributed by atoms with van der Waals surface area (Å²) in [7, 11) is 0. The minimum atomic E-state index is -4.38. The van der Waals surface area contributed by atoms with Gasteiger partial charge in [-0.25, -0.2) is 5.43 Å². The summed E-state index contributed by atoms with van der Waals surface area (Å²) >= 11 is 0. The van der Waals surface area contributed by atoms with Crippen molar-refractivity contribution in [3.8, 4) is 0 Å². The third-order valence-corrected chi connectivity index (χ3v) is 1.75. The predicted molar refractivity (Wildman–Crippen MR) is 65.2 cm³/mol. The van der Waals surface area contributed by atoms with E-state index in [1.54, 1.807) is 0 Å². The van der Waals surface area contributed by atoms with Gasteiger partial charge >= 0.3 is 6.18 Å². The SMILES string of the molecule is Cl.NN=C(N)NN=Cc1cccc(C(F)(F)F)c1. The summed E-state index contributed by atoms with van der Waals surface area (Å²) in [6.07, 6.45) is -3.21. The van der Waals surface area contributed by atoms with Crippen LogP contribution in [-0.2, 0) is 6.18 Å². The van der Waals surface area contributed by atoms with Crippen molar-refractivity contribution in [2.24, 2.45) is 21.8 Å². The Bertz CT molecular complexity index is 444. The van der Waals surface area contributed by atoms with Gasteiger partial charge in [-0.05, 0) is 17.7 Å². The lowest BCUT2D eigenvalue weighted by atomic mass is 10.1. The largest absolute Gasteiger partial charge is 0.416 e. The van der Waals surface area contributed by atoms with Crippen LogP contribution in [0.2, 0.25) is 0 Å². The van der Waals surface area contributed by atoms with Crippen LogP contribution in [-0.4, -0.2) is 12.2 Å². The van der Waals surface area contributed by atoms with Gasteiger partial charge in [0.05, 0.1) is 11.8 Å². The molecule has 0 unspecified atom stereocenters. The molecule has 0 aliphatic rings. The van der Waals surface area contributed by atoms with Crippen LogP contribution in [0, 0.1) is 0 Å². The first-order valence-corrected chi connectivity index (χ1v) is 4.43. The van der Waals surface area contributed by atoms with Gasteiger partial charge < -0.3 is 11.6 Å². The van der Waals surface area contributed by atoms with E-state index in [1.807, 2.05) is 0 Å². The molecule has 0 fully saturated rings. The molecule has 9 heteroatoms. The molecule has 18 heavy (non-hydrogen) atoms. The smallest absolute Gasteiger partial charge is 0.367 e. The van der Waals surface area contributed by atoms with Gasteiger partial charge in [-0.2, -0.15) is 18.3 Å². The number of nitrogens with one attached hydrogen (secondary N) is 1. The van der Waals surface area contributed by atoms with E-state index in [-0.39, 0.29) is 23.9 Å². The van der Waals surface area contributed by atoms with Crippen molar-refractivity contribution in [3.05, 3.63) is 35.4 Å². The molecule has 0 aliphatic heterocycles. The van der Waals surface area contributed by atoms with Crippen LogP contribution in [0.15, 0.2) is 34.5 Å². The Kier molecular flexibility index (Phi) is 5.97. The highest BCUT2D eigenvalue weighted by atomic mass is 35.5. The average molecular weight is 282 g/mol. The van der Waals surface area contributed by atoms with Crippen molar-refractivity contribution < 1.29 is 13.2 Å². The molecule has 0 spiro atoms. The van der Waals surface area contributed by atoms with E-state index in [0.29, 0.717) is 0 Å². The first kappa shape index (κ1) is 16.0. The van der Waals surface area contributed by atoms with Gasteiger partial charge in [0.1, 0.15) is 0 Å². The van der Waals surface area contributed by atoms with E-state index in [4.69, 9.17) is 11.6 Å². The standard InChI is InChI=1S/C9H10F3N5.ClH/c10-9(11,12)7-3-1-2-6(4-7)5-15-17-8(13)16-14;/h1-5H,14H2,(H3,13,16,17);1H. The third-order valence-electron chi connectivity index (χ3n) is 1.75. The van der Waals surface area contributed by atoms with E-state index in [2.05, 4.69) is 15.6 Å². The lowest BCUT2D eigenvalue weighted by Crippen LogP contribution is -2.28. The summed E-state index contributed by atoms with van der Waals surface area (Å²) in [5.74, 6) is 4.67. The van der Waals surface area contributed by atoms with Gasteiger partial charge in [0, 0.05) is 0 Å². The molecule has 5 N–H and O–H groups in total. The summed E-state index contributed by atoms with van der Waals surface area (Å²) < 4.78 is 37.1. The van der Waals surface area contributed by atoms with Crippen molar-refractivity contribution >= 4 is 24.6 Å². The maximum atomic E-state index is 12.4. The van der Waals surface area contributed by atoms with E-state index < -0.39 is 11.7 Å². The highest BCUT2D eigenvalue weighted by Gasteiger charge is 2.30. The summed E-state index contributed by atoms with van der Waals surface area (Å²) in [5, 5.41) is 6.62. The monoisotopic (exact) mass is 281 g/mol. The van der Waals surface area contributed by atoms with Crippen molar-refractivity contribution in [2.45, 2.75) is 6.18 Å². The molecule has 0 saturated heterocycles. The van der Waals surface area contributed by atoms with Crippen molar-refractivity contribution in [1.29, 1.82) is 0 Å². The maximum absolute atomic E-state index is 12.4. The topological polar surface area (TPSA) is 88.8 Å². The van der Waals surface area contributed by atoms with Crippen LogP contribution in [0.5, 0.6) is 0 Å². The number of rotatable bonds is 2. The van der Waals surface area contributed by atoms with Crippen LogP contribution in [0.25, 0.3) is 0 Å². The first-order valence-electron chi connectivity index (χ1n) is 4.43. The van der Waals surface area contributed by atoms with Gasteiger partial charge in [-0.1, -0.05) is 12.1 Å². The molecule has 1 aromatic carbocycles. The second kappa shape index (κ2) is 6.70. The molecule has 1 rings (SSSR count). The molecule has 0 amide bonds. The Morgan fingerprint density at radius 1 is 1.33 bits per heavy atom. The lowest BCUT2D eigenvalue weighted by Gasteiger charge is -2.06. The van der Waals surface area contributed by atoms with Gasteiger partial charge in [-0.15, -0.1) is 17.5 Å². The van der Waals surface area contributed by atoms with Crippen molar-refractivity contribution in [1.82, 2.24) is 5.43 Å². The molecule has 100 valence electrons. The van der Waals surface area contributed by atoms with Crippen LogP contribution in [0.1, 0.15) is 11.1 Å². The normalized spacial score (nSPS) is 12.3. The quantitative estimate of drug-likeness (QED) is 0.330. The molecular weight excluding hydrogens is 271 g/mol. The molecule has 0 radical (unpaired) electrons. The fourth-order valence-corrected chi connectivity index (χ4v) is 0.997. The molecule has 0 aliphatic carbocycles. The third kappa shape index (κ3) is 4.91. The summed E-state index contributed by atoms with van der Waals surface area (Å²) in [4.78, 5) is 0. The fourth-order valence-electron chi connectivity index (χ4n) is 0.997. The van der Waals surface area contributed by atoms with Crippen molar-refractivity contribution in [2.75, 3.05) is 0 Å². The highest BCUT2D eigenvalue weighted by molar-refractivity contribution is 5.85. The van der Waals surface area contributed by atoms with E-state index in [9.17, 15) is 13.2 Å². The van der Waals surface area contributed by atoms with Gasteiger partial charge in [0.15, 0.2) is 0 Å². The van der Waals surface area contributed by atoms with E-state index >= 15 is 0 Å². The first-order chi connectivity index (χ1) is 7.93. The van der Waals surface area contributed by atoms with Gasteiger partial charge in [0.2, 0.25) is 5.96 Å². The summed E-state index contributed by atoms with van der Waals surface area (Å²) in [6, 6.07) is 4.68. The minimum Gasteiger partial charge on any atom is -0.367 e.